The second-order valence-electron chi connectivity index (χ2n) is 5.97. The molecule has 0 saturated heterocycles. The van der Waals surface area contributed by atoms with Gasteiger partial charge in [0.2, 0.25) is 5.78 Å². The molecule has 0 aromatic heterocycles. The summed E-state index contributed by atoms with van der Waals surface area (Å²) in [5.41, 5.74) is 0.535. The Labute approximate surface area is 120 Å². The molecule has 1 atom stereocenters. The molecule has 0 unspecified atom stereocenters. The number of carbonyl (C=O) groups excluding carboxylic acids is 2. The first-order valence-corrected chi connectivity index (χ1v) is 6.73. The van der Waals surface area contributed by atoms with Crippen LogP contribution in [0.5, 0.6) is 5.75 Å². The minimum Gasteiger partial charge on any atom is -0.496 e. The fourth-order valence-corrected chi connectivity index (χ4v) is 1.96. The zero-order valence-electron chi connectivity index (χ0n) is 12.8. The lowest BCUT2D eigenvalue weighted by atomic mass is 9.94. The molecule has 0 aliphatic carbocycles. The molecular weight excluding hydrogens is 254 g/mol. The van der Waals surface area contributed by atoms with Crippen molar-refractivity contribution in [3.05, 3.63) is 29.8 Å². The van der Waals surface area contributed by atoms with E-state index in [0.717, 1.165) is 11.3 Å². The average molecular weight is 277 g/mol. The maximum atomic E-state index is 12.0. The number of rotatable bonds is 5. The normalized spacial score (nSPS) is 12.7. The Bertz CT molecular complexity index is 489. The topological polar surface area (TPSA) is 55.4 Å². The molecule has 1 N–H and O–H groups in total. The molecule has 1 rings (SSSR count). The Morgan fingerprint density at radius 3 is 2.40 bits per heavy atom. The molecule has 20 heavy (non-hydrogen) atoms. The molecule has 1 aromatic carbocycles. The Hall–Kier alpha value is -1.84. The maximum absolute atomic E-state index is 12.0. The lowest BCUT2D eigenvalue weighted by molar-refractivity contribution is -0.139. The number of benzene rings is 1. The second kappa shape index (κ2) is 6.55. The standard InChI is InChI=1S/C16H23NO3/c1-11(12-8-6-7-9-14(12)20-5)10-13(18)15(19)17-16(2,3)4/h6-9,11H,10H2,1-5H3,(H,17,19)/t11-/m0/s1. The van der Waals surface area contributed by atoms with Gasteiger partial charge >= 0.3 is 0 Å². The molecule has 0 heterocycles. The molecule has 0 spiro atoms. The van der Waals surface area contributed by atoms with E-state index in [0.29, 0.717) is 0 Å². The highest BCUT2D eigenvalue weighted by atomic mass is 16.5. The van der Waals surface area contributed by atoms with Crippen molar-refractivity contribution in [2.45, 2.75) is 45.6 Å². The van der Waals surface area contributed by atoms with E-state index < -0.39 is 17.2 Å². The fraction of sp³-hybridized carbons (Fsp3) is 0.500. The minimum atomic E-state index is -0.528. The van der Waals surface area contributed by atoms with Gasteiger partial charge in [-0.3, -0.25) is 9.59 Å². The molecule has 110 valence electrons. The van der Waals surface area contributed by atoms with E-state index in [2.05, 4.69) is 5.32 Å². The molecule has 0 saturated carbocycles. The SMILES string of the molecule is COc1ccccc1[C@@H](C)CC(=O)C(=O)NC(C)(C)C. The van der Waals surface area contributed by atoms with E-state index in [1.807, 2.05) is 52.0 Å². The van der Waals surface area contributed by atoms with E-state index >= 15 is 0 Å². The number of ketones is 1. The quantitative estimate of drug-likeness (QED) is 0.842. The molecule has 0 fully saturated rings. The van der Waals surface area contributed by atoms with Gasteiger partial charge in [0.1, 0.15) is 5.75 Å². The fourth-order valence-electron chi connectivity index (χ4n) is 1.96. The van der Waals surface area contributed by atoms with Crippen LogP contribution in [0, 0.1) is 0 Å². The zero-order valence-corrected chi connectivity index (χ0v) is 12.8. The number of ether oxygens (including phenoxy) is 1. The Balaban J connectivity index is 2.73. The summed E-state index contributed by atoms with van der Waals surface area (Å²) in [5, 5.41) is 2.68. The van der Waals surface area contributed by atoms with Crippen molar-refractivity contribution < 1.29 is 14.3 Å². The summed E-state index contributed by atoms with van der Waals surface area (Å²) in [6, 6.07) is 7.54. The van der Waals surface area contributed by atoms with Gasteiger partial charge in [0, 0.05) is 12.0 Å². The van der Waals surface area contributed by atoms with Crippen LogP contribution in [0.1, 0.15) is 45.6 Å². The Morgan fingerprint density at radius 2 is 1.85 bits per heavy atom. The summed E-state index contributed by atoms with van der Waals surface area (Å²) < 4.78 is 5.28. The predicted octanol–water partition coefficient (Wildman–Crippen LogP) is 2.67. The van der Waals surface area contributed by atoms with Crippen LogP contribution in [-0.4, -0.2) is 24.3 Å². The van der Waals surface area contributed by atoms with Crippen molar-refractivity contribution in [3.8, 4) is 5.75 Å². The molecule has 1 amide bonds. The first-order valence-electron chi connectivity index (χ1n) is 6.73. The van der Waals surface area contributed by atoms with Crippen molar-refractivity contribution in [2.24, 2.45) is 0 Å². The molecule has 0 bridgehead atoms. The van der Waals surface area contributed by atoms with Gasteiger partial charge in [-0.25, -0.2) is 0 Å². The highest BCUT2D eigenvalue weighted by Crippen LogP contribution is 2.28. The maximum Gasteiger partial charge on any atom is 0.287 e. The number of para-hydroxylation sites is 1. The van der Waals surface area contributed by atoms with Crippen LogP contribution in [-0.2, 0) is 9.59 Å². The van der Waals surface area contributed by atoms with Crippen LogP contribution in [0.25, 0.3) is 0 Å². The van der Waals surface area contributed by atoms with E-state index in [-0.39, 0.29) is 12.3 Å². The van der Waals surface area contributed by atoms with Gasteiger partial charge in [-0.1, -0.05) is 25.1 Å². The van der Waals surface area contributed by atoms with E-state index in [1.165, 1.54) is 0 Å². The summed E-state index contributed by atoms with van der Waals surface area (Å²) in [7, 11) is 1.60. The summed E-state index contributed by atoms with van der Waals surface area (Å²) in [4.78, 5) is 23.7. The third-order valence-corrected chi connectivity index (χ3v) is 2.90. The highest BCUT2D eigenvalue weighted by molar-refractivity contribution is 6.36. The molecule has 0 aliphatic rings. The van der Waals surface area contributed by atoms with Crippen molar-refractivity contribution >= 4 is 11.7 Å². The third kappa shape index (κ3) is 4.68. The van der Waals surface area contributed by atoms with Crippen LogP contribution in [0.3, 0.4) is 0 Å². The van der Waals surface area contributed by atoms with Crippen LogP contribution < -0.4 is 10.1 Å². The number of methoxy groups -OCH3 is 1. The van der Waals surface area contributed by atoms with Gasteiger partial charge in [0.05, 0.1) is 7.11 Å². The second-order valence-corrected chi connectivity index (χ2v) is 5.97. The molecular formula is C16H23NO3. The molecule has 0 radical (unpaired) electrons. The van der Waals surface area contributed by atoms with Gasteiger partial charge in [0.15, 0.2) is 0 Å². The number of amides is 1. The van der Waals surface area contributed by atoms with E-state index in [9.17, 15) is 9.59 Å². The van der Waals surface area contributed by atoms with Crippen LogP contribution in [0.4, 0.5) is 0 Å². The number of hydrogen-bond donors (Lipinski definition) is 1. The number of nitrogens with one attached hydrogen (secondary N) is 1. The predicted molar refractivity (Wildman–Crippen MR) is 78.9 cm³/mol. The van der Waals surface area contributed by atoms with Crippen molar-refractivity contribution in [2.75, 3.05) is 7.11 Å². The monoisotopic (exact) mass is 277 g/mol. The van der Waals surface area contributed by atoms with E-state index in [4.69, 9.17) is 4.74 Å². The molecule has 4 nitrogen and oxygen atoms in total. The Morgan fingerprint density at radius 1 is 1.25 bits per heavy atom. The average Bonchev–Trinajstić information content (AvgIpc) is 2.36. The number of Topliss-reactive ketones (excluding diaryl/α,β-unsaturated/α-hetero) is 1. The summed E-state index contributed by atoms with van der Waals surface area (Å²) >= 11 is 0. The Kier molecular flexibility index (Phi) is 5.31. The number of hydrogen-bond acceptors (Lipinski definition) is 3. The highest BCUT2D eigenvalue weighted by Gasteiger charge is 2.23. The molecule has 4 heteroatoms. The largest absolute Gasteiger partial charge is 0.496 e. The van der Waals surface area contributed by atoms with Crippen LogP contribution in [0.15, 0.2) is 24.3 Å². The van der Waals surface area contributed by atoms with E-state index in [1.54, 1.807) is 7.11 Å². The van der Waals surface area contributed by atoms with Crippen molar-refractivity contribution in [3.63, 3.8) is 0 Å². The summed E-state index contributed by atoms with van der Waals surface area (Å²) in [5.74, 6) is -0.258. The van der Waals surface area contributed by atoms with Gasteiger partial charge < -0.3 is 10.1 Å². The van der Waals surface area contributed by atoms with Crippen molar-refractivity contribution in [1.29, 1.82) is 0 Å². The van der Waals surface area contributed by atoms with Gasteiger partial charge in [-0.05, 0) is 38.3 Å². The number of carbonyl (C=O) groups is 2. The third-order valence-electron chi connectivity index (χ3n) is 2.90. The minimum absolute atomic E-state index is 0.0654. The zero-order chi connectivity index (χ0) is 15.3. The first-order chi connectivity index (χ1) is 9.24. The summed E-state index contributed by atoms with van der Waals surface area (Å²) in [6.07, 6.45) is 0.169. The van der Waals surface area contributed by atoms with Gasteiger partial charge in [-0.15, -0.1) is 0 Å². The van der Waals surface area contributed by atoms with Gasteiger partial charge in [0.25, 0.3) is 5.91 Å². The van der Waals surface area contributed by atoms with Crippen molar-refractivity contribution in [1.82, 2.24) is 5.32 Å². The van der Waals surface area contributed by atoms with Gasteiger partial charge in [-0.2, -0.15) is 0 Å². The smallest absolute Gasteiger partial charge is 0.287 e. The van der Waals surface area contributed by atoms with Crippen LogP contribution >= 0.6 is 0 Å². The lowest BCUT2D eigenvalue weighted by Gasteiger charge is -2.20. The molecule has 1 aromatic rings. The first kappa shape index (κ1) is 16.2. The molecule has 0 aliphatic heterocycles. The van der Waals surface area contributed by atoms with Crippen LogP contribution in [0.2, 0.25) is 0 Å². The lowest BCUT2D eigenvalue weighted by Crippen LogP contribution is -2.44. The summed E-state index contributed by atoms with van der Waals surface area (Å²) in [6.45, 7) is 7.46.